The average Bonchev–Trinajstić information content (AvgIpc) is 2.17. The van der Waals surface area contributed by atoms with Crippen LogP contribution in [-0.2, 0) is 10.2 Å². The molecule has 0 saturated carbocycles. The Morgan fingerprint density at radius 3 is 2.67 bits per heavy atom. The molecule has 0 N–H and O–H groups in total. The summed E-state index contributed by atoms with van der Waals surface area (Å²) < 4.78 is 10.7. The van der Waals surface area contributed by atoms with Gasteiger partial charge in [0.25, 0.3) is 0 Å². The Bertz CT molecular complexity index is 353. The molecule has 1 fully saturated rings. The molecule has 82 valence electrons. The number of benzene rings is 1. The zero-order valence-corrected chi connectivity index (χ0v) is 10.0. The molecule has 15 heavy (non-hydrogen) atoms. The van der Waals surface area contributed by atoms with Gasteiger partial charge in [0.2, 0.25) is 0 Å². The molecular weight excluding hydrogens is 208 g/mol. The van der Waals surface area contributed by atoms with E-state index in [-0.39, 0.29) is 5.41 Å². The van der Waals surface area contributed by atoms with Gasteiger partial charge in [-0.15, -0.1) is 0 Å². The SMILES string of the molecule is COc1ccc(C)cc1C1(CS)COC1. The third-order valence-corrected chi connectivity index (χ3v) is 3.59. The summed E-state index contributed by atoms with van der Waals surface area (Å²) in [6.45, 7) is 3.58. The Kier molecular flexibility index (Phi) is 2.94. The third kappa shape index (κ3) is 1.74. The zero-order chi connectivity index (χ0) is 10.9. The van der Waals surface area contributed by atoms with Gasteiger partial charge in [0.15, 0.2) is 0 Å². The fourth-order valence-electron chi connectivity index (χ4n) is 1.92. The first-order chi connectivity index (χ1) is 7.22. The van der Waals surface area contributed by atoms with Crippen LogP contribution in [0.1, 0.15) is 11.1 Å². The molecule has 2 nitrogen and oxygen atoms in total. The Balaban J connectivity index is 2.44. The highest BCUT2D eigenvalue weighted by atomic mass is 32.1. The summed E-state index contributed by atoms with van der Waals surface area (Å²) in [4.78, 5) is 0. The summed E-state index contributed by atoms with van der Waals surface area (Å²) >= 11 is 4.43. The largest absolute Gasteiger partial charge is 0.496 e. The van der Waals surface area contributed by atoms with Crippen LogP contribution in [-0.4, -0.2) is 26.1 Å². The molecule has 1 aliphatic rings. The third-order valence-electron chi connectivity index (χ3n) is 2.99. The first-order valence-corrected chi connectivity index (χ1v) is 5.69. The highest BCUT2D eigenvalue weighted by molar-refractivity contribution is 7.80. The van der Waals surface area contributed by atoms with Gasteiger partial charge in [-0.3, -0.25) is 0 Å². The van der Waals surface area contributed by atoms with Gasteiger partial charge >= 0.3 is 0 Å². The second kappa shape index (κ2) is 4.06. The van der Waals surface area contributed by atoms with Crippen LogP contribution in [0.4, 0.5) is 0 Å². The number of hydrogen-bond acceptors (Lipinski definition) is 3. The second-order valence-corrected chi connectivity index (χ2v) is 4.45. The fraction of sp³-hybridized carbons (Fsp3) is 0.500. The molecule has 0 aromatic heterocycles. The molecule has 1 heterocycles. The molecule has 0 atom stereocenters. The van der Waals surface area contributed by atoms with Gasteiger partial charge in [-0.25, -0.2) is 0 Å². The van der Waals surface area contributed by atoms with Crippen molar-refractivity contribution in [3.05, 3.63) is 29.3 Å². The number of ether oxygens (including phenoxy) is 2. The van der Waals surface area contributed by atoms with Crippen LogP contribution in [0.3, 0.4) is 0 Å². The number of methoxy groups -OCH3 is 1. The lowest BCUT2D eigenvalue weighted by Crippen LogP contribution is -2.48. The van der Waals surface area contributed by atoms with Gasteiger partial charge in [0, 0.05) is 11.3 Å². The predicted molar refractivity (Wildman–Crippen MR) is 64.1 cm³/mol. The van der Waals surface area contributed by atoms with Crippen molar-refractivity contribution in [3.63, 3.8) is 0 Å². The summed E-state index contributed by atoms with van der Waals surface area (Å²) in [5.74, 6) is 1.74. The van der Waals surface area contributed by atoms with Gasteiger partial charge < -0.3 is 9.47 Å². The fourth-order valence-corrected chi connectivity index (χ4v) is 2.27. The summed E-state index contributed by atoms with van der Waals surface area (Å²) in [6, 6.07) is 6.26. The lowest BCUT2D eigenvalue weighted by atomic mass is 9.79. The van der Waals surface area contributed by atoms with Crippen LogP contribution >= 0.6 is 12.6 Å². The van der Waals surface area contributed by atoms with Crippen molar-refractivity contribution in [3.8, 4) is 5.75 Å². The Hall–Kier alpha value is -0.670. The number of aryl methyl sites for hydroxylation is 1. The molecular formula is C12H16O2S. The lowest BCUT2D eigenvalue weighted by molar-refractivity contribution is -0.0480. The van der Waals surface area contributed by atoms with E-state index >= 15 is 0 Å². The van der Waals surface area contributed by atoms with Crippen LogP contribution in [0.5, 0.6) is 5.75 Å². The van der Waals surface area contributed by atoms with Crippen LogP contribution in [0.15, 0.2) is 18.2 Å². The first kappa shape index (κ1) is 10.8. The maximum atomic E-state index is 5.39. The van der Waals surface area contributed by atoms with Crippen molar-refractivity contribution in [1.29, 1.82) is 0 Å². The van der Waals surface area contributed by atoms with E-state index < -0.39 is 0 Å². The molecule has 1 aromatic rings. The van der Waals surface area contributed by atoms with Crippen molar-refractivity contribution in [2.45, 2.75) is 12.3 Å². The Morgan fingerprint density at radius 1 is 1.47 bits per heavy atom. The normalized spacial score (nSPS) is 18.3. The van der Waals surface area contributed by atoms with E-state index in [0.29, 0.717) is 0 Å². The molecule has 2 rings (SSSR count). The minimum Gasteiger partial charge on any atom is -0.496 e. The van der Waals surface area contributed by atoms with E-state index in [2.05, 4.69) is 31.7 Å². The minimum absolute atomic E-state index is 0.0560. The second-order valence-electron chi connectivity index (χ2n) is 4.13. The first-order valence-electron chi connectivity index (χ1n) is 5.05. The summed E-state index contributed by atoms with van der Waals surface area (Å²) in [5, 5.41) is 0. The van der Waals surface area contributed by atoms with Crippen LogP contribution in [0.25, 0.3) is 0 Å². The molecule has 3 heteroatoms. The van der Waals surface area contributed by atoms with E-state index in [9.17, 15) is 0 Å². The van der Waals surface area contributed by atoms with Gasteiger partial charge in [0.1, 0.15) is 5.75 Å². The van der Waals surface area contributed by atoms with Crippen molar-refractivity contribution < 1.29 is 9.47 Å². The van der Waals surface area contributed by atoms with Crippen LogP contribution in [0.2, 0.25) is 0 Å². The van der Waals surface area contributed by atoms with E-state index in [1.54, 1.807) is 7.11 Å². The minimum atomic E-state index is 0.0560. The topological polar surface area (TPSA) is 18.5 Å². The van der Waals surface area contributed by atoms with Gasteiger partial charge in [-0.1, -0.05) is 17.7 Å². The predicted octanol–water partition coefficient (Wildman–Crippen LogP) is 2.20. The van der Waals surface area contributed by atoms with Gasteiger partial charge in [-0.05, 0) is 13.0 Å². The highest BCUT2D eigenvalue weighted by Gasteiger charge is 2.41. The molecule has 0 amide bonds. The van der Waals surface area contributed by atoms with Gasteiger partial charge in [0.05, 0.1) is 25.7 Å². The maximum Gasteiger partial charge on any atom is 0.122 e. The summed E-state index contributed by atoms with van der Waals surface area (Å²) in [6.07, 6.45) is 0. The van der Waals surface area contributed by atoms with Crippen LogP contribution < -0.4 is 4.74 Å². The van der Waals surface area contributed by atoms with E-state index in [4.69, 9.17) is 9.47 Å². The molecule has 0 radical (unpaired) electrons. The number of hydrogen-bond donors (Lipinski definition) is 1. The molecule has 0 aliphatic carbocycles. The lowest BCUT2D eigenvalue weighted by Gasteiger charge is -2.41. The van der Waals surface area contributed by atoms with Crippen molar-refractivity contribution in [1.82, 2.24) is 0 Å². The van der Waals surface area contributed by atoms with Gasteiger partial charge in [-0.2, -0.15) is 12.6 Å². The monoisotopic (exact) mass is 224 g/mol. The highest BCUT2D eigenvalue weighted by Crippen LogP contribution is 2.39. The standard InChI is InChI=1S/C12H16O2S/c1-9-3-4-11(13-2)10(5-9)12(8-15)6-14-7-12/h3-5,15H,6-8H2,1-2H3. The van der Waals surface area contributed by atoms with Crippen LogP contribution in [0, 0.1) is 6.92 Å². The smallest absolute Gasteiger partial charge is 0.122 e. The quantitative estimate of drug-likeness (QED) is 0.793. The van der Waals surface area contributed by atoms with E-state index in [1.165, 1.54) is 11.1 Å². The zero-order valence-electron chi connectivity index (χ0n) is 9.12. The van der Waals surface area contributed by atoms with Crippen molar-refractivity contribution in [2.75, 3.05) is 26.1 Å². The molecule has 1 aromatic carbocycles. The molecule has 1 aliphatic heterocycles. The van der Waals surface area contributed by atoms with E-state index in [1.807, 2.05) is 6.07 Å². The Morgan fingerprint density at radius 2 is 2.20 bits per heavy atom. The number of rotatable bonds is 3. The summed E-state index contributed by atoms with van der Waals surface area (Å²) in [5.41, 5.74) is 2.53. The molecule has 1 saturated heterocycles. The Labute approximate surface area is 96.0 Å². The van der Waals surface area contributed by atoms with Crippen molar-refractivity contribution >= 4 is 12.6 Å². The molecule has 0 unspecified atom stereocenters. The number of thiol groups is 1. The van der Waals surface area contributed by atoms with Crippen molar-refractivity contribution in [2.24, 2.45) is 0 Å². The molecule has 0 spiro atoms. The van der Waals surface area contributed by atoms with E-state index in [0.717, 1.165) is 24.7 Å². The average molecular weight is 224 g/mol. The summed E-state index contributed by atoms with van der Waals surface area (Å²) in [7, 11) is 1.71. The molecule has 0 bridgehead atoms. The maximum absolute atomic E-state index is 5.39.